The van der Waals surface area contributed by atoms with Crippen molar-refractivity contribution in [3.8, 4) is 0 Å². The van der Waals surface area contributed by atoms with Crippen LogP contribution in [0.3, 0.4) is 0 Å². The molecule has 0 radical (unpaired) electrons. The molecule has 0 unspecified atom stereocenters. The van der Waals surface area contributed by atoms with Gasteiger partial charge in [0.15, 0.2) is 0 Å². The normalized spacial score (nSPS) is 10.2. The summed E-state index contributed by atoms with van der Waals surface area (Å²) in [7, 11) is 0. The summed E-state index contributed by atoms with van der Waals surface area (Å²) in [6, 6.07) is 53.8. The van der Waals surface area contributed by atoms with Crippen LogP contribution in [0.2, 0.25) is 0 Å². The fourth-order valence-corrected chi connectivity index (χ4v) is 4.97. The Kier molecular flexibility index (Phi) is 13.8. The van der Waals surface area contributed by atoms with Crippen molar-refractivity contribution in [2.75, 3.05) is 0 Å². The Hall–Kier alpha value is -2.97. The van der Waals surface area contributed by atoms with E-state index in [-0.39, 0.29) is 40.9 Å². The summed E-state index contributed by atoms with van der Waals surface area (Å²) in [5, 5.41) is 0. The van der Waals surface area contributed by atoms with Crippen molar-refractivity contribution in [1.29, 1.82) is 0 Å². The molecule has 0 aliphatic heterocycles. The standard InChI is InChI=1S/C29H28.C7H7.ClH.Mg/c1-5-13-25(14-6-1)21-29(22-26-15-7-2-8-16-26,23-27-17-9-3-10-18-27)24-28-19-11-4-12-20-28;1-7-5-3-2-4-6-7;;/h1-20H,21-24H2;2-6H,1H2;1H;/q;-1;;+2/p-1. The zero-order valence-corrected chi connectivity index (χ0v) is 24.2. The Morgan fingerprint density at radius 1 is 0.368 bits per heavy atom. The van der Waals surface area contributed by atoms with E-state index in [1.54, 1.807) is 0 Å². The minimum atomic E-state index is 0. The number of halogens is 1. The van der Waals surface area contributed by atoms with Crippen LogP contribution in [0.4, 0.5) is 0 Å². The van der Waals surface area contributed by atoms with Gasteiger partial charge in [0, 0.05) is 0 Å². The molecule has 0 nitrogen and oxygen atoms in total. The Morgan fingerprint density at radius 2 is 0.579 bits per heavy atom. The van der Waals surface area contributed by atoms with Gasteiger partial charge in [-0.15, -0.1) is 12.1 Å². The largest absolute Gasteiger partial charge is 2.00 e. The second-order valence-corrected chi connectivity index (χ2v) is 9.64. The zero-order chi connectivity index (χ0) is 24.9. The van der Waals surface area contributed by atoms with E-state index in [2.05, 4.69) is 128 Å². The van der Waals surface area contributed by atoms with Gasteiger partial charge in [-0.05, 0) is 53.4 Å². The smallest absolute Gasteiger partial charge is 1.00 e. The van der Waals surface area contributed by atoms with Crippen molar-refractivity contribution in [2.45, 2.75) is 25.7 Å². The molecule has 0 heterocycles. The minimum absolute atomic E-state index is 0. The van der Waals surface area contributed by atoms with Gasteiger partial charge in [-0.1, -0.05) is 127 Å². The van der Waals surface area contributed by atoms with Crippen molar-refractivity contribution in [1.82, 2.24) is 0 Å². The fourth-order valence-electron chi connectivity index (χ4n) is 4.97. The van der Waals surface area contributed by atoms with Crippen molar-refractivity contribution in [3.63, 3.8) is 0 Å². The van der Waals surface area contributed by atoms with Crippen LogP contribution < -0.4 is 12.4 Å². The molecule has 0 spiro atoms. The van der Waals surface area contributed by atoms with Crippen LogP contribution in [0.1, 0.15) is 27.8 Å². The minimum Gasteiger partial charge on any atom is -1.00 e. The summed E-state index contributed by atoms with van der Waals surface area (Å²) in [5.74, 6) is 0. The molecule has 0 fully saturated rings. The summed E-state index contributed by atoms with van der Waals surface area (Å²) in [6.45, 7) is 3.72. The maximum Gasteiger partial charge on any atom is 2.00 e. The van der Waals surface area contributed by atoms with Crippen LogP contribution in [-0.2, 0) is 25.7 Å². The van der Waals surface area contributed by atoms with E-state index in [1.807, 2.05) is 30.3 Å². The Morgan fingerprint density at radius 3 is 0.763 bits per heavy atom. The maximum absolute atomic E-state index is 3.72. The van der Waals surface area contributed by atoms with Crippen LogP contribution in [0, 0.1) is 12.3 Å². The van der Waals surface area contributed by atoms with Crippen LogP contribution in [0.15, 0.2) is 152 Å². The third-order valence-electron chi connectivity index (χ3n) is 6.53. The molecule has 0 aliphatic carbocycles. The quantitative estimate of drug-likeness (QED) is 0.186. The first-order valence-electron chi connectivity index (χ1n) is 12.7. The molecule has 0 atom stereocenters. The molecular weight excluding hydrogens is 492 g/mol. The Balaban J connectivity index is 0.000000492. The summed E-state index contributed by atoms with van der Waals surface area (Å²) in [5.41, 5.74) is 6.84. The van der Waals surface area contributed by atoms with Gasteiger partial charge in [0.25, 0.3) is 0 Å². The maximum atomic E-state index is 3.72. The molecule has 0 N–H and O–H groups in total. The third-order valence-corrected chi connectivity index (χ3v) is 6.53. The first-order valence-corrected chi connectivity index (χ1v) is 12.7. The molecule has 38 heavy (non-hydrogen) atoms. The van der Waals surface area contributed by atoms with Gasteiger partial charge in [0.1, 0.15) is 0 Å². The Bertz CT molecular complexity index is 1090. The molecule has 0 aliphatic rings. The zero-order valence-electron chi connectivity index (χ0n) is 22.1. The molecule has 5 rings (SSSR count). The summed E-state index contributed by atoms with van der Waals surface area (Å²) in [6.07, 6.45) is 4.25. The SMILES string of the molecule is [CH2-]c1ccccc1.[Cl-].[Mg+2].c1ccc(CC(Cc2ccccc2)(Cc2ccccc2)Cc2ccccc2)cc1. The average molecular weight is 527 g/mol. The molecule has 0 saturated carbocycles. The summed E-state index contributed by atoms with van der Waals surface area (Å²) < 4.78 is 0. The van der Waals surface area contributed by atoms with Crippen molar-refractivity contribution in [3.05, 3.63) is 186 Å². The number of benzene rings is 5. The third kappa shape index (κ3) is 10.4. The predicted molar refractivity (Wildman–Crippen MR) is 160 cm³/mol. The molecule has 0 bridgehead atoms. The summed E-state index contributed by atoms with van der Waals surface area (Å²) >= 11 is 0. The van der Waals surface area contributed by atoms with E-state index in [9.17, 15) is 0 Å². The molecule has 0 aromatic heterocycles. The molecule has 188 valence electrons. The first kappa shape index (κ1) is 31.2. The van der Waals surface area contributed by atoms with Crippen LogP contribution >= 0.6 is 0 Å². The summed E-state index contributed by atoms with van der Waals surface area (Å²) in [4.78, 5) is 0. The van der Waals surface area contributed by atoms with Gasteiger partial charge in [0.2, 0.25) is 0 Å². The predicted octanol–water partition coefficient (Wildman–Crippen LogP) is 5.44. The van der Waals surface area contributed by atoms with Crippen molar-refractivity contribution in [2.24, 2.45) is 5.41 Å². The van der Waals surface area contributed by atoms with E-state index in [0.717, 1.165) is 31.2 Å². The molecule has 5 aromatic carbocycles. The molecular formula is C36H35ClMg. The topological polar surface area (TPSA) is 0 Å². The van der Waals surface area contributed by atoms with E-state index in [0.29, 0.717) is 0 Å². The van der Waals surface area contributed by atoms with Gasteiger partial charge >= 0.3 is 23.1 Å². The van der Waals surface area contributed by atoms with Crippen LogP contribution in [0.25, 0.3) is 0 Å². The molecule has 0 saturated heterocycles. The van der Waals surface area contributed by atoms with Gasteiger partial charge in [0.05, 0.1) is 0 Å². The first-order chi connectivity index (χ1) is 17.7. The van der Waals surface area contributed by atoms with Gasteiger partial charge < -0.3 is 12.4 Å². The van der Waals surface area contributed by atoms with Gasteiger partial charge in [-0.2, -0.15) is 24.6 Å². The second-order valence-electron chi connectivity index (χ2n) is 9.64. The van der Waals surface area contributed by atoms with Crippen LogP contribution in [0.5, 0.6) is 0 Å². The Labute approximate surface area is 251 Å². The van der Waals surface area contributed by atoms with Crippen molar-refractivity contribution < 1.29 is 12.4 Å². The van der Waals surface area contributed by atoms with E-state index in [4.69, 9.17) is 0 Å². The van der Waals surface area contributed by atoms with E-state index < -0.39 is 0 Å². The molecule has 0 amide bonds. The van der Waals surface area contributed by atoms with E-state index in [1.165, 1.54) is 22.3 Å². The van der Waals surface area contributed by atoms with Gasteiger partial charge in [-0.25, -0.2) is 0 Å². The second kappa shape index (κ2) is 16.8. The van der Waals surface area contributed by atoms with E-state index >= 15 is 0 Å². The number of hydrogen-bond donors (Lipinski definition) is 0. The number of hydrogen-bond acceptors (Lipinski definition) is 0. The molecule has 5 aromatic rings. The monoisotopic (exact) mass is 526 g/mol. The number of rotatable bonds is 8. The average Bonchev–Trinajstić information content (AvgIpc) is 2.92. The fraction of sp³-hybridized carbons (Fsp3) is 0.139. The van der Waals surface area contributed by atoms with Gasteiger partial charge in [-0.3, -0.25) is 0 Å². The molecule has 2 heteroatoms. The van der Waals surface area contributed by atoms with Crippen LogP contribution in [-0.4, -0.2) is 23.1 Å². The van der Waals surface area contributed by atoms with Crippen molar-refractivity contribution >= 4 is 23.1 Å².